The summed E-state index contributed by atoms with van der Waals surface area (Å²) in [6, 6.07) is 12.0. The molecule has 7 heteroatoms. The number of amides is 1. The summed E-state index contributed by atoms with van der Waals surface area (Å²) in [5, 5.41) is 14.7. The first-order chi connectivity index (χ1) is 12.6. The van der Waals surface area contributed by atoms with E-state index in [0.29, 0.717) is 29.8 Å². The number of aromatic nitrogens is 4. The highest BCUT2D eigenvalue weighted by atomic mass is 79.9. The van der Waals surface area contributed by atoms with Gasteiger partial charge in [-0.2, -0.15) is 15.3 Å². The average Bonchev–Trinajstić information content (AvgIpc) is 3.30. The zero-order valence-electron chi connectivity index (χ0n) is 14.3. The Morgan fingerprint density at radius 2 is 2.00 bits per heavy atom. The van der Waals surface area contributed by atoms with Crippen LogP contribution in [-0.4, -0.2) is 44.3 Å². The van der Waals surface area contributed by atoms with E-state index in [1.54, 1.807) is 18.5 Å². The van der Waals surface area contributed by atoms with Crippen LogP contribution < -0.4 is 0 Å². The van der Waals surface area contributed by atoms with E-state index in [1.165, 1.54) is 5.56 Å². The highest BCUT2D eigenvalue weighted by molar-refractivity contribution is 9.10. The summed E-state index contributed by atoms with van der Waals surface area (Å²) in [5.74, 6) is 0.739. The number of benzene rings is 1. The standard InChI is InChI=1S/C19H18BrN5O/c1-12-10-25(11-16(12)13-2-4-15(20)5-3-13)19(26)18-8-17(23-24-18)14-6-7-21-22-9-14/h2-9,12,16H,10-11H2,1H3,(H,23,24). The Kier molecular flexibility index (Phi) is 4.55. The summed E-state index contributed by atoms with van der Waals surface area (Å²) in [4.78, 5) is 14.8. The third-order valence-electron chi connectivity index (χ3n) is 4.89. The second-order valence-electron chi connectivity index (χ2n) is 6.64. The van der Waals surface area contributed by atoms with Crippen LogP contribution in [0.15, 0.2) is 53.3 Å². The second-order valence-corrected chi connectivity index (χ2v) is 7.56. The van der Waals surface area contributed by atoms with Crippen LogP contribution >= 0.6 is 15.9 Å². The molecule has 0 bridgehead atoms. The average molecular weight is 412 g/mol. The van der Waals surface area contributed by atoms with E-state index >= 15 is 0 Å². The van der Waals surface area contributed by atoms with Crippen molar-refractivity contribution in [1.82, 2.24) is 25.3 Å². The number of nitrogens with zero attached hydrogens (tertiary/aromatic N) is 4. The second kappa shape index (κ2) is 6.99. The molecule has 6 nitrogen and oxygen atoms in total. The number of halogens is 1. The smallest absolute Gasteiger partial charge is 0.271 e. The Labute approximate surface area is 159 Å². The van der Waals surface area contributed by atoms with Crippen LogP contribution in [0.3, 0.4) is 0 Å². The number of hydrogen-bond donors (Lipinski definition) is 1. The molecule has 0 spiro atoms. The van der Waals surface area contributed by atoms with Gasteiger partial charge in [0.15, 0.2) is 0 Å². The van der Waals surface area contributed by atoms with Crippen molar-refractivity contribution >= 4 is 21.8 Å². The molecule has 26 heavy (non-hydrogen) atoms. The largest absolute Gasteiger partial charge is 0.336 e. The predicted octanol–water partition coefficient (Wildman–Crippen LogP) is 3.50. The predicted molar refractivity (Wildman–Crippen MR) is 102 cm³/mol. The Bertz CT molecular complexity index is 909. The molecule has 1 aliphatic heterocycles. The van der Waals surface area contributed by atoms with Crippen LogP contribution in [0.25, 0.3) is 11.3 Å². The number of H-pyrrole nitrogens is 1. The minimum Gasteiger partial charge on any atom is -0.336 e. The summed E-state index contributed by atoms with van der Waals surface area (Å²) < 4.78 is 1.07. The van der Waals surface area contributed by atoms with Gasteiger partial charge in [-0.05, 0) is 35.7 Å². The van der Waals surface area contributed by atoms with Gasteiger partial charge in [0.05, 0.1) is 18.1 Å². The lowest BCUT2D eigenvalue weighted by Gasteiger charge is -2.16. The van der Waals surface area contributed by atoms with E-state index in [0.717, 1.165) is 16.6 Å². The van der Waals surface area contributed by atoms with Gasteiger partial charge in [0.2, 0.25) is 0 Å². The summed E-state index contributed by atoms with van der Waals surface area (Å²) in [7, 11) is 0. The molecule has 1 aromatic carbocycles. The Morgan fingerprint density at radius 1 is 1.19 bits per heavy atom. The molecule has 132 valence electrons. The van der Waals surface area contributed by atoms with Gasteiger partial charge in [0.25, 0.3) is 5.91 Å². The Balaban J connectivity index is 1.51. The van der Waals surface area contributed by atoms with Gasteiger partial charge in [0, 0.05) is 29.0 Å². The number of likely N-dealkylation sites (tertiary alicyclic amines) is 1. The van der Waals surface area contributed by atoms with Gasteiger partial charge in [0.1, 0.15) is 5.69 Å². The molecule has 3 heterocycles. The highest BCUT2D eigenvalue weighted by Crippen LogP contribution is 2.33. The molecule has 2 aromatic heterocycles. The molecule has 3 aromatic rings. The normalized spacial score (nSPS) is 19.7. The lowest BCUT2D eigenvalue weighted by molar-refractivity contribution is 0.0781. The number of rotatable bonds is 3. The third-order valence-corrected chi connectivity index (χ3v) is 5.41. The fraction of sp³-hybridized carbons (Fsp3) is 0.263. The molecule has 0 aliphatic carbocycles. The molecule has 1 N–H and O–H groups in total. The fourth-order valence-electron chi connectivity index (χ4n) is 3.47. The number of aromatic amines is 1. The van der Waals surface area contributed by atoms with Gasteiger partial charge >= 0.3 is 0 Å². The van der Waals surface area contributed by atoms with Crippen molar-refractivity contribution < 1.29 is 4.79 Å². The van der Waals surface area contributed by atoms with Crippen LogP contribution in [0, 0.1) is 5.92 Å². The fourth-order valence-corrected chi connectivity index (χ4v) is 3.73. The Hall–Kier alpha value is -2.54. The van der Waals surface area contributed by atoms with E-state index in [9.17, 15) is 4.79 Å². The third kappa shape index (κ3) is 3.26. The van der Waals surface area contributed by atoms with Crippen molar-refractivity contribution in [1.29, 1.82) is 0 Å². The van der Waals surface area contributed by atoms with E-state index in [4.69, 9.17) is 0 Å². The SMILES string of the molecule is CC1CN(C(=O)c2cc(-c3ccnnc3)n[nH]2)CC1c1ccc(Br)cc1. The van der Waals surface area contributed by atoms with Crippen molar-refractivity contribution in [2.45, 2.75) is 12.8 Å². The van der Waals surface area contributed by atoms with Crippen molar-refractivity contribution in [3.63, 3.8) is 0 Å². The van der Waals surface area contributed by atoms with Crippen LogP contribution in [0.1, 0.15) is 28.9 Å². The molecule has 1 aliphatic rings. The van der Waals surface area contributed by atoms with Gasteiger partial charge in [-0.25, -0.2) is 0 Å². The zero-order valence-corrected chi connectivity index (χ0v) is 15.8. The molecule has 1 amide bonds. The quantitative estimate of drug-likeness (QED) is 0.715. The molecule has 0 radical (unpaired) electrons. The summed E-state index contributed by atoms with van der Waals surface area (Å²) in [6.45, 7) is 3.65. The lowest BCUT2D eigenvalue weighted by atomic mass is 9.90. The van der Waals surface area contributed by atoms with Crippen molar-refractivity contribution in [2.75, 3.05) is 13.1 Å². The first kappa shape index (κ1) is 16.9. The monoisotopic (exact) mass is 411 g/mol. The molecule has 1 saturated heterocycles. The maximum absolute atomic E-state index is 12.9. The zero-order chi connectivity index (χ0) is 18.1. The van der Waals surface area contributed by atoms with Crippen LogP contribution in [-0.2, 0) is 0 Å². The van der Waals surface area contributed by atoms with E-state index in [-0.39, 0.29) is 5.91 Å². The number of carbonyl (C=O) groups excluding carboxylic acids is 1. The molecule has 2 unspecified atom stereocenters. The maximum Gasteiger partial charge on any atom is 0.271 e. The first-order valence-electron chi connectivity index (χ1n) is 8.49. The number of carbonyl (C=O) groups is 1. The summed E-state index contributed by atoms with van der Waals surface area (Å²) in [5.41, 5.74) is 3.29. The number of nitrogens with one attached hydrogen (secondary N) is 1. The van der Waals surface area contributed by atoms with Gasteiger partial charge < -0.3 is 4.90 Å². The number of hydrogen-bond acceptors (Lipinski definition) is 4. The van der Waals surface area contributed by atoms with Gasteiger partial charge in [-0.1, -0.05) is 35.0 Å². The molecular formula is C19H18BrN5O. The van der Waals surface area contributed by atoms with Gasteiger partial charge in [-0.15, -0.1) is 0 Å². The van der Waals surface area contributed by atoms with E-state index in [2.05, 4.69) is 67.5 Å². The molecule has 0 saturated carbocycles. The summed E-state index contributed by atoms with van der Waals surface area (Å²) in [6.07, 6.45) is 3.24. The molecule has 1 fully saturated rings. The molecular weight excluding hydrogens is 394 g/mol. The molecule has 4 rings (SSSR count). The van der Waals surface area contributed by atoms with E-state index < -0.39 is 0 Å². The van der Waals surface area contributed by atoms with Crippen molar-refractivity contribution in [3.05, 3.63) is 64.5 Å². The maximum atomic E-state index is 12.9. The van der Waals surface area contributed by atoms with Gasteiger partial charge in [-0.3, -0.25) is 9.89 Å². The minimum absolute atomic E-state index is 0.0165. The van der Waals surface area contributed by atoms with Crippen LogP contribution in [0.5, 0.6) is 0 Å². The minimum atomic E-state index is -0.0165. The summed E-state index contributed by atoms with van der Waals surface area (Å²) >= 11 is 3.47. The van der Waals surface area contributed by atoms with Crippen molar-refractivity contribution in [2.24, 2.45) is 5.92 Å². The Morgan fingerprint density at radius 3 is 2.73 bits per heavy atom. The molecule has 2 atom stereocenters. The first-order valence-corrected chi connectivity index (χ1v) is 9.28. The van der Waals surface area contributed by atoms with Crippen LogP contribution in [0.2, 0.25) is 0 Å². The lowest BCUT2D eigenvalue weighted by Crippen LogP contribution is -2.29. The van der Waals surface area contributed by atoms with Crippen molar-refractivity contribution in [3.8, 4) is 11.3 Å². The highest BCUT2D eigenvalue weighted by Gasteiger charge is 2.34. The van der Waals surface area contributed by atoms with Crippen LogP contribution in [0.4, 0.5) is 0 Å². The topological polar surface area (TPSA) is 74.8 Å². The van der Waals surface area contributed by atoms with E-state index in [1.807, 2.05) is 11.0 Å².